The number of hydrogen-bond acceptors (Lipinski definition) is 5. The molecule has 27 heavy (non-hydrogen) atoms. The number of carbonyl (C=O) groups excluding carboxylic acids is 2. The molecule has 1 amide bonds. The number of esters is 1. The molecule has 1 unspecified atom stereocenters. The fourth-order valence-corrected chi connectivity index (χ4v) is 2.29. The number of anilines is 1. The Labute approximate surface area is 162 Å². The van der Waals surface area contributed by atoms with Crippen molar-refractivity contribution in [3.05, 3.63) is 59.1 Å². The molecule has 0 bridgehead atoms. The number of nitrogens with one attached hydrogen (secondary N) is 1. The zero-order valence-electron chi connectivity index (χ0n) is 15.2. The van der Waals surface area contributed by atoms with E-state index in [1.165, 1.54) is 20.1 Å². The van der Waals surface area contributed by atoms with Crippen molar-refractivity contribution in [1.82, 2.24) is 0 Å². The highest BCUT2D eigenvalue weighted by atomic mass is 35.5. The van der Waals surface area contributed by atoms with Crippen LogP contribution in [-0.4, -0.2) is 32.2 Å². The lowest BCUT2D eigenvalue weighted by Gasteiger charge is -2.12. The second-order valence-corrected chi connectivity index (χ2v) is 5.96. The van der Waals surface area contributed by atoms with Crippen LogP contribution in [0.3, 0.4) is 0 Å². The third kappa shape index (κ3) is 6.04. The maximum absolute atomic E-state index is 12.1. The Hall–Kier alpha value is -2.99. The smallest absolute Gasteiger partial charge is 0.331 e. The second kappa shape index (κ2) is 9.64. The van der Waals surface area contributed by atoms with Gasteiger partial charge in [-0.1, -0.05) is 17.7 Å². The first-order chi connectivity index (χ1) is 12.9. The van der Waals surface area contributed by atoms with Gasteiger partial charge in [-0.15, -0.1) is 0 Å². The lowest BCUT2D eigenvalue weighted by atomic mass is 10.2. The molecule has 0 fully saturated rings. The zero-order valence-corrected chi connectivity index (χ0v) is 15.9. The molecule has 2 rings (SSSR count). The van der Waals surface area contributed by atoms with Crippen LogP contribution < -0.4 is 14.8 Å². The van der Waals surface area contributed by atoms with E-state index < -0.39 is 18.0 Å². The molecular formula is C20H20ClNO5. The van der Waals surface area contributed by atoms with Gasteiger partial charge in [0.1, 0.15) is 0 Å². The van der Waals surface area contributed by atoms with Crippen LogP contribution in [0.25, 0.3) is 6.08 Å². The zero-order chi connectivity index (χ0) is 19.8. The van der Waals surface area contributed by atoms with Gasteiger partial charge in [-0.25, -0.2) is 4.79 Å². The maximum atomic E-state index is 12.1. The highest BCUT2D eigenvalue weighted by Gasteiger charge is 2.16. The number of amides is 1. The van der Waals surface area contributed by atoms with Crippen LogP contribution in [0.1, 0.15) is 12.5 Å². The second-order valence-electron chi connectivity index (χ2n) is 5.52. The molecule has 0 saturated heterocycles. The summed E-state index contributed by atoms with van der Waals surface area (Å²) in [6.07, 6.45) is 1.85. The van der Waals surface area contributed by atoms with Crippen molar-refractivity contribution in [3.63, 3.8) is 0 Å². The Morgan fingerprint density at radius 2 is 1.70 bits per heavy atom. The first-order valence-electron chi connectivity index (χ1n) is 8.10. The molecule has 0 heterocycles. The van der Waals surface area contributed by atoms with E-state index in [-0.39, 0.29) is 0 Å². The van der Waals surface area contributed by atoms with E-state index in [0.29, 0.717) is 22.2 Å². The SMILES string of the molecule is COc1ccc(/C=C/C(=O)OC(C)C(=O)Nc2ccc(Cl)cc2)cc1OC. The van der Waals surface area contributed by atoms with Crippen LogP contribution in [0.15, 0.2) is 48.5 Å². The molecule has 0 spiro atoms. The molecule has 1 atom stereocenters. The third-order valence-electron chi connectivity index (χ3n) is 3.59. The average Bonchev–Trinajstić information content (AvgIpc) is 2.67. The topological polar surface area (TPSA) is 73.9 Å². The van der Waals surface area contributed by atoms with Crippen LogP contribution in [0.4, 0.5) is 5.69 Å². The Morgan fingerprint density at radius 1 is 1.04 bits per heavy atom. The van der Waals surface area contributed by atoms with E-state index in [1.54, 1.807) is 55.7 Å². The van der Waals surface area contributed by atoms with Gasteiger partial charge in [0.05, 0.1) is 14.2 Å². The van der Waals surface area contributed by atoms with Crippen LogP contribution in [0.5, 0.6) is 11.5 Å². The van der Waals surface area contributed by atoms with Crippen molar-refractivity contribution in [2.75, 3.05) is 19.5 Å². The molecule has 0 aliphatic carbocycles. The van der Waals surface area contributed by atoms with Crippen LogP contribution >= 0.6 is 11.6 Å². The molecule has 7 heteroatoms. The first-order valence-corrected chi connectivity index (χ1v) is 8.48. The summed E-state index contributed by atoms with van der Waals surface area (Å²) in [6.45, 7) is 1.49. The van der Waals surface area contributed by atoms with E-state index in [9.17, 15) is 9.59 Å². The van der Waals surface area contributed by atoms with Crippen LogP contribution in [0.2, 0.25) is 5.02 Å². The van der Waals surface area contributed by atoms with Crippen molar-refractivity contribution >= 4 is 35.2 Å². The number of ether oxygens (including phenoxy) is 3. The molecule has 0 saturated carbocycles. The molecule has 0 aliphatic heterocycles. The van der Waals surface area contributed by atoms with E-state index in [4.69, 9.17) is 25.8 Å². The maximum Gasteiger partial charge on any atom is 0.331 e. The summed E-state index contributed by atoms with van der Waals surface area (Å²) in [7, 11) is 3.07. The van der Waals surface area contributed by atoms with Gasteiger partial charge in [0.2, 0.25) is 0 Å². The number of carbonyl (C=O) groups is 2. The van der Waals surface area contributed by atoms with Gasteiger partial charge < -0.3 is 19.5 Å². The summed E-state index contributed by atoms with van der Waals surface area (Å²) in [5, 5.41) is 3.21. The molecule has 0 aliphatic rings. The summed E-state index contributed by atoms with van der Waals surface area (Å²) in [5.74, 6) is 0.0576. The number of benzene rings is 2. The lowest BCUT2D eigenvalue weighted by Crippen LogP contribution is -2.29. The normalized spacial score (nSPS) is 11.7. The van der Waals surface area contributed by atoms with Gasteiger partial charge in [-0.05, 0) is 55.0 Å². The Bertz CT molecular complexity index is 833. The van der Waals surface area contributed by atoms with Gasteiger partial charge in [-0.3, -0.25) is 4.79 Å². The molecular weight excluding hydrogens is 370 g/mol. The van der Waals surface area contributed by atoms with E-state index in [0.717, 1.165) is 5.56 Å². The van der Waals surface area contributed by atoms with E-state index in [1.807, 2.05) is 0 Å². The van der Waals surface area contributed by atoms with E-state index in [2.05, 4.69) is 5.32 Å². The molecule has 2 aromatic carbocycles. The molecule has 0 aromatic heterocycles. The van der Waals surface area contributed by atoms with Gasteiger partial charge in [0, 0.05) is 16.8 Å². The highest BCUT2D eigenvalue weighted by Crippen LogP contribution is 2.28. The summed E-state index contributed by atoms with van der Waals surface area (Å²) < 4.78 is 15.5. The Balaban J connectivity index is 1.93. The Morgan fingerprint density at radius 3 is 2.33 bits per heavy atom. The molecule has 6 nitrogen and oxygen atoms in total. The number of hydrogen-bond donors (Lipinski definition) is 1. The monoisotopic (exact) mass is 389 g/mol. The Kier molecular flexibility index (Phi) is 7.25. The number of methoxy groups -OCH3 is 2. The number of rotatable bonds is 7. The first kappa shape index (κ1) is 20.3. The standard InChI is InChI=1S/C20H20ClNO5/c1-13(20(24)22-16-8-6-15(21)7-9-16)27-19(23)11-5-14-4-10-17(25-2)18(12-14)26-3/h4-13H,1-3H3,(H,22,24)/b11-5+. The molecule has 0 radical (unpaired) electrons. The van der Waals surface area contributed by atoms with Crippen molar-refractivity contribution in [2.24, 2.45) is 0 Å². The minimum atomic E-state index is -0.955. The van der Waals surface area contributed by atoms with Crippen molar-refractivity contribution in [1.29, 1.82) is 0 Å². The average molecular weight is 390 g/mol. The minimum Gasteiger partial charge on any atom is -0.493 e. The quantitative estimate of drug-likeness (QED) is 0.573. The predicted molar refractivity (Wildman–Crippen MR) is 104 cm³/mol. The van der Waals surface area contributed by atoms with Crippen LogP contribution in [0, 0.1) is 0 Å². The molecule has 2 aromatic rings. The highest BCUT2D eigenvalue weighted by molar-refractivity contribution is 6.30. The lowest BCUT2D eigenvalue weighted by molar-refractivity contribution is -0.148. The number of halogens is 1. The van der Waals surface area contributed by atoms with Crippen molar-refractivity contribution in [2.45, 2.75) is 13.0 Å². The van der Waals surface area contributed by atoms with Gasteiger partial charge in [0.25, 0.3) is 5.91 Å². The summed E-state index contributed by atoms with van der Waals surface area (Å²) in [5.41, 5.74) is 1.29. The summed E-state index contributed by atoms with van der Waals surface area (Å²) >= 11 is 5.80. The van der Waals surface area contributed by atoms with E-state index >= 15 is 0 Å². The van der Waals surface area contributed by atoms with Crippen LogP contribution in [-0.2, 0) is 14.3 Å². The molecule has 142 valence electrons. The summed E-state index contributed by atoms with van der Waals surface area (Å²) in [6, 6.07) is 11.8. The van der Waals surface area contributed by atoms with Crippen molar-refractivity contribution < 1.29 is 23.8 Å². The van der Waals surface area contributed by atoms with Crippen molar-refractivity contribution in [3.8, 4) is 11.5 Å². The fraction of sp³-hybridized carbons (Fsp3) is 0.200. The summed E-state index contributed by atoms with van der Waals surface area (Å²) in [4.78, 5) is 24.0. The fourth-order valence-electron chi connectivity index (χ4n) is 2.16. The van der Waals surface area contributed by atoms with Gasteiger partial charge in [0.15, 0.2) is 17.6 Å². The predicted octanol–water partition coefficient (Wildman–Crippen LogP) is 3.94. The minimum absolute atomic E-state index is 0.440. The van der Waals surface area contributed by atoms with Gasteiger partial charge in [-0.2, -0.15) is 0 Å². The largest absolute Gasteiger partial charge is 0.493 e. The van der Waals surface area contributed by atoms with Gasteiger partial charge >= 0.3 is 5.97 Å². The molecule has 1 N–H and O–H groups in total. The third-order valence-corrected chi connectivity index (χ3v) is 3.85.